The quantitative estimate of drug-likeness (QED) is 0.652. The number of aromatic carboxylic acids is 1. The molecule has 0 aliphatic rings. The number of rotatable bonds is 5. The molecule has 138 valence electrons. The molecule has 0 fully saturated rings. The molecule has 1 heterocycles. The maximum atomic E-state index is 12.8. The molecule has 7 heteroatoms. The van der Waals surface area contributed by atoms with Crippen LogP contribution in [0.5, 0.6) is 0 Å². The van der Waals surface area contributed by atoms with E-state index in [0.717, 1.165) is 17.7 Å². The number of benzene rings is 2. The first-order valence-corrected chi connectivity index (χ1v) is 8.03. The fourth-order valence-electron chi connectivity index (χ4n) is 2.62. The summed E-state index contributed by atoms with van der Waals surface area (Å²) in [7, 11) is 0. The Labute approximate surface area is 153 Å². The number of carboxylic acids is 1. The van der Waals surface area contributed by atoms with Gasteiger partial charge < -0.3 is 10.4 Å². The van der Waals surface area contributed by atoms with Crippen molar-refractivity contribution < 1.29 is 23.1 Å². The van der Waals surface area contributed by atoms with Crippen LogP contribution in [-0.2, 0) is 12.6 Å². The van der Waals surface area contributed by atoms with Crippen LogP contribution in [0.3, 0.4) is 0 Å². The van der Waals surface area contributed by atoms with Gasteiger partial charge in [0, 0.05) is 11.9 Å². The highest BCUT2D eigenvalue weighted by molar-refractivity contribution is 5.89. The topological polar surface area (TPSA) is 62.2 Å². The van der Waals surface area contributed by atoms with Crippen LogP contribution < -0.4 is 5.32 Å². The van der Waals surface area contributed by atoms with E-state index in [0.29, 0.717) is 23.5 Å². The van der Waals surface area contributed by atoms with E-state index in [1.165, 1.54) is 18.2 Å². The SMILES string of the molecule is O=C(O)c1cccc(Nc2cc(Cc3cccc(C(F)(F)F)c3)ccn2)c1. The van der Waals surface area contributed by atoms with E-state index >= 15 is 0 Å². The van der Waals surface area contributed by atoms with E-state index in [-0.39, 0.29) is 5.56 Å². The van der Waals surface area contributed by atoms with Gasteiger partial charge in [0.05, 0.1) is 11.1 Å². The largest absolute Gasteiger partial charge is 0.478 e. The molecule has 0 saturated heterocycles. The van der Waals surface area contributed by atoms with E-state index in [1.54, 1.807) is 36.5 Å². The number of hydrogen-bond acceptors (Lipinski definition) is 3. The Balaban J connectivity index is 1.78. The molecule has 0 bridgehead atoms. The molecule has 4 nitrogen and oxygen atoms in total. The molecule has 2 N–H and O–H groups in total. The van der Waals surface area contributed by atoms with Crippen molar-refractivity contribution in [2.45, 2.75) is 12.6 Å². The molecule has 0 amide bonds. The lowest BCUT2D eigenvalue weighted by Gasteiger charge is -2.10. The van der Waals surface area contributed by atoms with E-state index in [2.05, 4.69) is 10.3 Å². The molecular weight excluding hydrogens is 357 g/mol. The average Bonchev–Trinajstić information content (AvgIpc) is 2.62. The maximum absolute atomic E-state index is 12.8. The third-order valence-corrected chi connectivity index (χ3v) is 3.87. The van der Waals surface area contributed by atoms with Crippen LogP contribution in [-0.4, -0.2) is 16.1 Å². The Bertz CT molecular complexity index is 971. The van der Waals surface area contributed by atoms with Crippen LogP contribution in [0.1, 0.15) is 27.0 Å². The first kappa shape index (κ1) is 18.4. The number of nitrogens with one attached hydrogen (secondary N) is 1. The van der Waals surface area contributed by atoms with E-state index < -0.39 is 17.7 Å². The summed E-state index contributed by atoms with van der Waals surface area (Å²) in [5.41, 5.74) is 1.33. The second-order valence-electron chi connectivity index (χ2n) is 5.94. The molecule has 0 unspecified atom stereocenters. The van der Waals surface area contributed by atoms with Crippen LogP contribution in [0.15, 0.2) is 66.9 Å². The summed E-state index contributed by atoms with van der Waals surface area (Å²) in [5, 5.41) is 12.0. The van der Waals surface area contributed by atoms with Gasteiger partial charge in [0.1, 0.15) is 5.82 Å². The summed E-state index contributed by atoms with van der Waals surface area (Å²) >= 11 is 0. The van der Waals surface area contributed by atoms with Gasteiger partial charge in [-0.2, -0.15) is 13.2 Å². The van der Waals surface area contributed by atoms with Crippen molar-refractivity contribution in [3.63, 3.8) is 0 Å². The molecule has 2 aromatic carbocycles. The number of carboxylic acid groups (broad SMARTS) is 1. The summed E-state index contributed by atoms with van der Waals surface area (Å²) in [5.74, 6) is -0.563. The van der Waals surface area contributed by atoms with Crippen molar-refractivity contribution in [3.05, 3.63) is 89.1 Å². The first-order chi connectivity index (χ1) is 12.8. The zero-order valence-electron chi connectivity index (χ0n) is 14.0. The number of pyridine rings is 1. The number of hydrogen-bond donors (Lipinski definition) is 2. The predicted molar refractivity (Wildman–Crippen MR) is 95.2 cm³/mol. The van der Waals surface area contributed by atoms with Crippen LogP contribution >= 0.6 is 0 Å². The van der Waals surface area contributed by atoms with E-state index in [1.807, 2.05) is 0 Å². The molecule has 0 aliphatic heterocycles. The predicted octanol–water partition coefficient (Wildman–Crippen LogP) is 5.13. The Morgan fingerprint density at radius 2 is 1.74 bits per heavy atom. The van der Waals surface area contributed by atoms with Crippen molar-refractivity contribution in [3.8, 4) is 0 Å². The van der Waals surface area contributed by atoms with Gasteiger partial charge in [-0.1, -0.05) is 24.3 Å². The van der Waals surface area contributed by atoms with Crippen LogP contribution in [0.2, 0.25) is 0 Å². The molecule has 27 heavy (non-hydrogen) atoms. The standard InChI is InChI=1S/C20H15F3N2O2/c21-20(22,23)16-5-1-3-13(10-16)9-14-7-8-24-18(11-14)25-17-6-2-4-15(12-17)19(26)27/h1-8,10-12H,9H2,(H,24,25)(H,26,27). The van der Waals surface area contributed by atoms with Crippen molar-refractivity contribution in [1.29, 1.82) is 0 Å². The van der Waals surface area contributed by atoms with Crippen molar-refractivity contribution >= 4 is 17.5 Å². The van der Waals surface area contributed by atoms with E-state index in [9.17, 15) is 18.0 Å². The highest BCUT2D eigenvalue weighted by Gasteiger charge is 2.30. The van der Waals surface area contributed by atoms with Gasteiger partial charge in [-0.15, -0.1) is 0 Å². The maximum Gasteiger partial charge on any atom is 0.416 e. The molecule has 0 aliphatic carbocycles. The third-order valence-electron chi connectivity index (χ3n) is 3.87. The van der Waals surface area contributed by atoms with Crippen molar-refractivity contribution in [2.24, 2.45) is 0 Å². The Hall–Kier alpha value is -3.35. The number of carbonyl (C=O) groups is 1. The first-order valence-electron chi connectivity index (χ1n) is 8.03. The molecule has 1 aromatic heterocycles. The Morgan fingerprint density at radius 3 is 2.48 bits per heavy atom. The highest BCUT2D eigenvalue weighted by Crippen LogP contribution is 2.30. The fourth-order valence-corrected chi connectivity index (χ4v) is 2.62. The van der Waals surface area contributed by atoms with Crippen molar-refractivity contribution in [2.75, 3.05) is 5.32 Å². The zero-order valence-corrected chi connectivity index (χ0v) is 14.0. The zero-order chi connectivity index (χ0) is 19.4. The summed E-state index contributed by atoms with van der Waals surface area (Å²) in [6, 6.07) is 14.9. The van der Waals surface area contributed by atoms with Gasteiger partial charge in [-0.05, 0) is 53.9 Å². The number of anilines is 2. The Morgan fingerprint density at radius 1 is 1.00 bits per heavy atom. The molecular formula is C20H15F3N2O2. The number of alkyl halides is 3. The van der Waals surface area contributed by atoms with Gasteiger partial charge in [-0.25, -0.2) is 9.78 Å². The minimum absolute atomic E-state index is 0.139. The normalized spacial score (nSPS) is 11.2. The molecule has 0 radical (unpaired) electrons. The van der Waals surface area contributed by atoms with E-state index in [4.69, 9.17) is 5.11 Å². The lowest BCUT2D eigenvalue weighted by molar-refractivity contribution is -0.137. The summed E-state index contributed by atoms with van der Waals surface area (Å²) in [6.45, 7) is 0. The van der Waals surface area contributed by atoms with Crippen molar-refractivity contribution in [1.82, 2.24) is 4.98 Å². The second-order valence-corrected chi connectivity index (χ2v) is 5.94. The third kappa shape index (κ3) is 4.84. The molecule has 3 rings (SSSR count). The average molecular weight is 372 g/mol. The van der Waals surface area contributed by atoms with Gasteiger partial charge in [-0.3, -0.25) is 0 Å². The van der Waals surface area contributed by atoms with Gasteiger partial charge >= 0.3 is 12.1 Å². The lowest BCUT2D eigenvalue weighted by atomic mass is 10.0. The summed E-state index contributed by atoms with van der Waals surface area (Å²) in [4.78, 5) is 15.2. The van der Waals surface area contributed by atoms with Crippen LogP contribution in [0.4, 0.5) is 24.7 Å². The number of halogens is 3. The van der Waals surface area contributed by atoms with Crippen LogP contribution in [0, 0.1) is 0 Å². The number of nitrogens with zero attached hydrogens (tertiary/aromatic N) is 1. The number of aromatic nitrogens is 1. The molecule has 0 spiro atoms. The lowest BCUT2D eigenvalue weighted by Crippen LogP contribution is -2.05. The molecule has 0 atom stereocenters. The van der Waals surface area contributed by atoms with Crippen LogP contribution in [0.25, 0.3) is 0 Å². The second kappa shape index (κ2) is 7.49. The highest BCUT2D eigenvalue weighted by atomic mass is 19.4. The van der Waals surface area contributed by atoms with Gasteiger partial charge in [0.15, 0.2) is 0 Å². The molecule has 3 aromatic rings. The monoisotopic (exact) mass is 372 g/mol. The summed E-state index contributed by atoms with van der Waals surface area (Å²) < 4.78 is 38.5. The molecule has 0 saturated carbocycles. The minimum atomic E-state index is -4.38. The van der Waals surface area contributed by atoms with Gasteiger partial charge in [0.25, 0.3) is 0 Å². The Kier molecular flexibility index (Phi) is 5.12. The minimum Gasteiger partial charge on any atom is -0.478 e. The smallest absolute Gasteiger partial charge is 0.416 e. The summed E-state index contributed by atoms with van der Waals surface area (Å²) in [6.07, 6.45) is -2.52. The van der Waals surface area contributed by atoms with Gasteiger partial charge in [0.2, 0.25) is 0 Å². The fraction of sp³-hybridized carbons (Fsp3) is 0.100.